The van der Waals surface area contributed by atoms with Crippen molar-refractivity contribution in [1.29, 1.82) is 0 Å². The van der Waals surface area contributed by atoms with Crippen molar-refractivity contribution >= 4 is 27.3 Å². The van der Waals surface area contributed by atoms with Gasteiger partial charge in [0.1, 0.15) is 5.65 Å². The number of nitrogens with zero attached hydrogens (tertiary/aromatic N) is 3. The molecule has 2 aromatic rings. The molecule has 114 valence electrons. The molecule has 7 heteroatoms. The van der Waals surface area contributed by atoms with E-state index in [-0.39, 0.29) is 16.2 Å². The zero-order valence-electron chi connectivity index (χ0n) is 12.0. The summed E-state index contributed by atoms with van der Waals surface area (Å²) in [6.07, 6.45) is 3.42. The molecule has 0 bridgehead atoms. The molecule has 3 heterocycles. The van der Waals surface area contributed by atoms with Crippen LogP contribution in [0, 0.1) is 5.92 Å². The van der Waals surface area contributed by atoms with E-state index in [0.717, 1.165) is 12.8 Å². The Balaban J connectivity index is 2.10. The fraction of sp³-hybridized carbons (Fsp3) is 0.500. The van der Waals surface area contributed by atoms with Crippen LogP contribution in [-0.2, 0) is 10.0 Å². The molecule has 0 radical (unpaired) electrons. The molecule has 2 unspecified atom stereocenters. The molecule has 1 fully saturated rings. The molecule has 0 aromatic carbocycles. The van der Waals surface area contributed by atoms with E-state index in [1.165, 1.54) is 0 Å². The fourth-order valence-electron chi connectivity index (χ4n) is 3.03. The van der Waals surface area contributed by atoms with Crippen molar-refractivity contribution in [3.8, 4) is 0 Å². The smallest absolute Gasteiger partial charge is 0.262 e. The third kappa shape index (κ3) is 2.45. The van der Waals surface area contributed by atoms with Gasteiger partial charge in [-0.05, 0) is 37.8 Å². The van der Waals surface area contributed by atoms with E-state index in [9.17, 15) is 8.42 Å². The number of halogens is 1. The van der Waals surface area contributed by atoms with Crippen LogP contribution >= 0.6 is 11.6 Å². The van der Waals surface area contributed by atoms with E-state index in [1.54, 1.807) is 33.1 Å². The van der Waals surface area contributed by atoms with Gasteiger partial charge in [0.2, 0.25) is 0 Å². The van der Waals surface area contributed by atoms with E-state index in [1.807, 2.05) is 6.92 Å². The Labute approximate surface area is 129 Å². The number of fused-ring (bicyclic) bond motifs is 1. The Hall–Kier alpha value is -1.11. The summed E-state index contributed by atoms with van der Waals surface area (Å²) in [7, 11) is -3.65. The van der Waals surface area contributed by atoms with Crippen LogP contribution in [0.25, 0.3) is 5.65 Å². The predicted molar refractivity (Wildman–Crippen MR) is 82.0 cm³/mol. The standard InChI is InChI=1S/C14H18ClN3O2S/c1-10-6-8-18(11(2)9-10)21(19,20)14-13(15)16-12-5-3-4-7-17(12)14/h3-5,7,10-11H,6,8-9H2,1-2H3. The second-order valence-corrected chi connectivity index (χ2v) is 7.89. The molecule has 1 saturated heterocycles. The number of sulfonamides is 1. The maximum absolute atomic E-state index is 13.0. The third-order valence-electron chi connectivity index (χ3n) is 4.08. The number of pyridine rings is 1. The summed E-state index contributed by atoms with van der Waals surface area (Å²) in [6, 6.07) is 5.29. The van der Waals surface area contributed by atoms with Crippen molar-refractivity contribution in [3.05, 3.63) is 29.5 Å². The summed E-state index contributed by atoms with van der Waals surface area (Å²) in [5.41, 5.74) is 0.541. The third-order valence-corrected chi connectivity index (χ3v) is 6.49. The first kappa shape index (κ1) is 14.8. The maximum atomic E-state index is 13.0. The van der Waals surface area contributed by atoms with Gasteiger partial charge >= 0.3 is 0 Å². The van der Waals surface area contributed by atoms with Crippen molar-refractivity contribution in [1.82, 2.24) is 13.7 Å². The number of piperidine rings is 1. The van der Waals surface area contributed by atoms with Crippen molar-refractivity contribution in [2.24, 2.45) is 5.92 Å². The molecule has 0 saturated carbocycles. The van der Waals surface area contributed by atoms with Crippen molar-refractivity contribution in [2.45, 2.75) is 37.8 Å². The van der Waals surface area contributed by atoms with E-state index >= 15 is 0 Å². The van der Waals surface area contributed by atoms with Gasteiger partial charge in [0.05, 0.1) is 0 Å². The van der Waals surface area contributed by atoms with Gasteiger partial charge in [-0.3, -0.25) is 4.40 Å². The monoisotopic (exact) mass is 327 g/mol. The zero-order valence-corrected chi connectivity index (χ0v) is 13.6. The molecule has 2 atom stereocenters. The first-order chi connectivity index (χ1) is 9.91. The molecule has 2 aromatic heterocycles. The molecular weight excluding hydrogens is 310 g/mol. The van der Waals surface area contributed by atoms with E-state index in [0.29, 0.717) is 18.1 Å². The summed E-state index contributed by atoms with van der Waals surface area (Å²) < 4.78 is 29.1. The van der Waals surface area contributed by atoms with Gasteiger partial charge in [-0.25, -0.2) is 13.4 Å². The lowest BCUT2D eigenvalue weighted by molar-refractivity contribution is 0.219. The number of aromatic nitrogens is 2. The lowest BCUT2D eigenvalue weighted by Gasteiger charge is -2.35. The summed E-state index contributed by atoms with van der Waals surface area (Å²) >= 11 is 6.11. The van der Waals surface area contributed by atoms with E-state index < -0.39 is 10.0 Å². The molecule has 0 N–H and O–H groups in total. The van der Waals surface area contributed by atoms with Gasteiger partial charge in [-0.1, -0.05) is 24.6 Å². The van der Waals surface area contributed by atoms with E-state index in [4.69, 9.17) is 11.6 Å². The van der Waals surface area contributed by atoms with Gasteiger partial charge in [0, 0.05) is 18.8 Å². The molecule has 1 aliphatic heterocycles. The fourth-order valence-corrected chi connectivity index (χ4v) is 5.29. The van der Waals surface area contributed by atoms with Crippen LogP contribution in [-0.4, -0.2) is 34.7 Å². The Kier molecular flexibility index (Phi) is 3.71. The van der Waals surface area contributed by atoms with Crippen molar-refractivity contribution in [3.63, 3.8) is 0 Å². The highest BCUT2D eigenvalue weighted by Gasteiger charge is 2.36. The molecule has 0 amide bonds. The normalized spacial score (nSPS) is 24.5. The lowest BCUT2D eigenvalue weighted by Crippen LogP contribution is -2.44. The minimum atomic E-state index is -3.65. The number of rotatable bonds is 2. The van der Waals surface area contributed by atoms with Crippen LogP contribution < -0.4 is 0 Å². The number of hydrogen-bond acceptors (Lipinski definition) is 3. The predicted octanol–water partition coefficient (Wildman–Crippen LogP) is 2.80. The summed E-state index contributed by atoms with van der Waals surface area (Å²) in [5.74, 6) is 0.545. The largest absolute Gasteiger partial charge is 0.288 e. The molecular formula is C14H18ClN3O2S. The van der Waals surface area contributed by atoms with Crippen LogP contribution in [0.1, 0.15) is 26.7 Å². The Bertz CT molecular complexity index is 772. The Morgan fingerprint density at radius 3 is 2.81 bits per heavy atom. The molecule has 5 nitrogen and oxygen atoms in total. The zero-order chi connectivity index (χ0) is 15.2. The maximum Gasteiger partial charge on any atom is 0.262 e. The minimum Gasteiger partial charge on any atom is -0.288 e. The molecule has 3 rings (SSSR count). The highest BCUT2D eigenvalue weighted by molar-refractivity contribution is 7.89. The second kappa shape index (κ2) is 5.26. The van der Waals surface area contributed by atoms with Gasteiger partial charge in [0.15, 0.2) is 10.2 Å². The summed E-state index contributed by atoms with van der Waals surface area (Å²) in [4.78, 5) is 4.14. The first-order valence-corrected chi connectivity index (χ1v) is 8.87. The Morgan fingerprint density at radius 1 is 1.33 bits per heavy atom. The van der Waals surface area contributed by atoms with Crippen LogP contribution in [0.4, 0.5) is 0 Å². The van der Waals surface area contributed by atoms with Crippen LogP contribution in [0.5, 0.6) is 0 Å². The summed E-state index contributed by atoms with van der Waals surface area (Å²) in [6.45, 7) is 4.63. The molecule has 21 heavy (non-hydrogen) atoms. The Morgan fingerprint density at radius 2 is 2.10 bits per heavy atom. The topological polar surface area (TPSA) is 54.7 Å². The summed E-state index contributed by atoms with van der Waals surface area (Å²) in [5, 5.41) is 0.105. The number of hydrogen-bond donors (Lipinski definition) is 0. The van der Waals surface area contributed by atoms with Gasteiger partial charge in [-0.15, -0.1) is 0 Å². The van der Waals surface area contributed by atoms with Crippen molar-refractivity contribution in [2.75, 3.05) is 6.54 Å². The molecule has 0 aliphatic carbocycles. The van der Waals surface area contributed by atoms with Crippen LogP contribution in [0.2, 0.25) is 5.15 Å². The minimum absolute atomic E-state index is 0.0240. The average molecular weight is 328 g/mol. The SMILES string of the molecule is CC1CCN(S(=O)(=O)c2c(Cl)nc3ccccn23)C(C)C1. The van der Waals surface area contributed by atoms with Gasteiger partial charge in [-0.2, -0.15) is 4.31 Å². The molecule has 1 aliphatic rings. The average Bonchev–Trinajstić information content (AvgIpc) is 2.74. The van der Waals surface area contributed by atoms with Gasteiger partial charge in [0.25, 0.3) is 10.0 Å². The van der Waals surface area contributed by atoms with Crippen molar-refractivity contribution < 1.29 is 8.42 Å². The van der Waals surface area contributed by atoms with Crippen LogP contribution in [0.15, 0.2) is 29.4 Å². The first-order valence-electron chi connectivity index (χ1n) is 7.05. The highest BCUT2D eigenvalue weighted by Crippen LogP contribution is 2.31. The highest BCUT2D eigenvalue weighted by atomic mass is 35.5. The second-order valence-electron chi connectivity index (χ2n) is 5.73. The van der Waals surface area contributed by atoms with Gasteiger partial charge < -0.3 is 0 Å². The van der Waals surface area contributed by atoms with Crippen LogP contribution in [0.3, 0.4) is 0 Å². The molecule has 0 spiro atoms. The number of imidazole rings is 1. The quantitative estimate of drug-likeness (QED) is 0.852. The lowest BCUT2D eigenvalue weighted by atomic mass is 9.95. The van der Waals surface area contributed by atoms with E-state index in [2.05, 4.69) is 11.9 Å².